The standard InChI is InChI=1S/C16H21N3O2/c1-3-11(2)19-15(20)7-9-18-16(21)13-5-4-12-6-8-17-14(12)10-13/h4-6,8,10-11,17H,3,7,9H2,1-2H3,(H,18,21)(H,19,20). The zero-order valence-corrected chi connectivity index (χ0v) is 12.4. The van der Waals surface area contributed by atoms with Crippen LogP contribution < -0.4 is 10.6 Å². The fourth-order valence-corrected chi connectivity index (χ4v) is 2.03. The molecule has 0 fully saturated rings. The highest BCUT2D eigenvalue weighted by Crippen LogP contribution is 2.13. The molecule has 5 nitrogen and oxygen atoms in total. The maximum atomic E-state index is 12.0. The van der Waals surface area contributed by atoms with Crippen molar-refractivity contribution >= 4 is 22.7 Å². The second-order valence-corrected chi connectivity index (χ2v) is 5.16. The van der Waals surface area contributed by atoms with Gasteiger partial charge in [0, 0.05) is 36.3 Å². The first-order valence-electron chi connectivity index (χ1n) is 7.25. The van der Waals surface area contributed by atoms with Crippen LogP contribution in [0.15, 0.2) is 30.5 Å². The molecule has 0 aliphatic heterocycles. The molecule has 0 spiro atoms. The first-order chi connectivity index (χ1) is 10.1. The van der Waals surface area contributed by atoms with Gasteiger partial charge in [-0.05, 0) is 36.9 Å². The Morgan fingerprint density at radius 1 is 1.29 bits per heavy atom. The fourth-order valence-electron chi connectivity index (χ4n) is 2.03. The normalized spacial score (nSPS) is 12.1. The highest BCUT2D eigenvalue weighted by atomic mass is 16.2. The van der Waals surface area contributed by atoms with Gasteiger partial charge in [-0.2, -0.15) is 0 Å². The molecule has 0 aliphatic carbocycles. The van der Waals surface area contributed by atoms with Gasteiger partial charge in [0.15, 0.2) is 0 Å². The summed E-state index contributed by atoms with van der Waals surface area (Å²) in [7, 11) is 0. The van der Waals surface area contributed by atoms with E-state index in [4.69, 9.17) is 0 Å². The largest absolute Gasteiger partial charge is 0.361 e. The van der Waals surface area contributed by atoms with E-state index in [1.807, 2.05) is 38.2 Å². The third-order valence-electron chi connectivity index (χ3n) is 3.47. The quantitative estimate of drug-likeness (QED) is 0.762. The number of fused-ring (bicyclic) bond motifs is 1. The van der Waals surface area contributed by atoms with Crippen LogP contribution in [0.5, 0.6) is 0 Å². The summed E-state index contributed by atoms with van der Waals surface area (Å²) in [6.45, 7) is 4.31. The smallest absolute Gasteiger partial charge is 0.251 e. The summed E-state index contributed by atoms with van der Waals surface area (Å²) in [5.41, 5.74) is 1.52. The monoisotopic (exact) mass is 287 g/mol. The van der Waals surface area contributed by atoms with E-state index in [1.54, 1.807) is 6.07 Å². The Morgan fingerprint density at radius 2 is 2.10 bits per heavy atom. The summed E-state index contributed by atoms with van der Waals surface area (Å²) in [4.78, 5) is 26.7. The SMILES string of the molecule is CCC(C)NC(=O)CCNC(=O)c1ccc2cc[nH]c2c1. The first kappa shape index (κ1) is 15.1. The summed E-state index contributed by atoms with van der Waals surface area (Å²) in [5, 5.41) is 6.70. The van der Waals surface area contributed by atoms with Crippen LogP contribution in [-0.4, -0.2) is 29.4 Å². The fraction of sp³-hybridized carbons (Fsp3) is 0.375. The van der Waals surface area contributed by atoms with Gasteiger partial charge in [0.1, 0.15) is 0 Å². The molecule has 1 aromatic heterocycles. The zero-order valence-electron chi connectivity index (χ0n) is 12.4. The molecule has 1 unspecified atom stereocenters. The Hall–Kier alpha value is -2.30. The van der Waals surface area contributed by atoms with Crippen LogP contribution >= 0.6 is 0 Å². The summed E-state index contributed by atoms with van der Waals surface area (Å²) >= 11 is 0. The van der Waals surface area contributed by atoms with E-state index < -0.39 is 0 Å². The van der Waals surface area contributed by atoms with E-state index in [9.17, 15) is 9.59 Å². The van der Waals surface area contributed by atoms with Gasteiger partial charge in [-0.3, -0.25) is 9.59 Å². The minimum Gasteiger partial charge on any atom is -0.361 e. The number of amides is 2. The average Bonchev–Trinajstić information content (AvgIpc) is 2.94. The molecule has 0 aliphatic rings. The molecule has 5 heteroatoms. The van der Waals surface area contributed by atoms with E-state index in [0.717, 1.165) is 17.3 Å². The molecule has 1 aromatic carbocycles. The predicted molar refractivity (Wildman–Crippen MR) is 83.1 cm³/mol. The number of aromatic amines is 1. The lowest BCUT2D eigenvalue weighted by Crippen LogP contribution is -2.35. The molecule has 2 aromatic rings. The van der Waals surface area contributed by atoms with Crippen molar-refractivity contribution in [1.29, 1.82) is 0 Å². The van der Waals surface area contributed by atoms with Crippen molar-refractivity contribution in [2.75, 3.05) is 6.54 Å². The number of nitrogens with one attached hydrogen (secondary N) is 3. The first-order valence-corrected chi connectivity index (χ1v) is 7.25. The molecule has 21 heavy (non-hydrogen) atoms. The average molecular weight is 287 g/mol. The van der Waals surface area contributed by atoms with Gasteiger partial charge < -0.3 is 15.6 Å². The molecule has 0 radical (unpaired) electrons. The van der Waals surface area contributed by atoms with E-state index in [0.29, 0.717) is 18.5 Å². The maximum absolute atomic E-state index is 12.0. The lowest BCUT2D eigenvalue weighted by Gasteiger charge is -2.11. The number of benzene rings is 1. The molecule has 0 bridgehead atoms. The maximum Gasteiger partial charge on any atom is 0.251 e. The van der Waals surface area contributed by atoms with E-state index in [2.05, 4.69) is 15.6 Å². The van der Waals surface area contributed by atoms with Crippen LogP contribution in [0.4, 0.5) is 0 Å². The predicted octanol–water partition coefficient (Wildman–Crippen LogP) is 2.20. The number of hydrogen-bond donors (Lipinski definition) is 3. The van der Waals surface area contributed by atoms with Crippen molar-refractivity contribution in [1.82, 2.24) is 15.6 Å². The van der Waals surface area contributed by atoms with Crippen LogP contribution in [0.3, 0.4) is 0 Å². The van der Waals surface area contributed by atoms with Crippen LogP contribution in [0.25, 0.3) is 10.9 Å². The van der Waals surface area contributed by atoms with Gasteiger partial charge in [-0.15, -0.1) is 0 Å². The lowest BCUT2D eigenvalue weighted by atomic mass is 10.1. The van der Waals surface area contributed by atoms with Crippen molar-refractivity contribution < 1.29 is 9.59 Å². The van der Waals surface area contributed by atoms with Crippen LogP contribution in [0.1, 0.15) is 37.0 Å². The Kier molecular flexibility index (Phi) is 4.98. The van der Waals surface area contributed by atoms with Gasteiger partial charge in [0.05, 0.1) is 0 Å². The van der Waals surface area contributed by atoms with Gasteiger partial charge in [-0.1, -0.05) is 13.0 Å². The van der Waals surface area contributed by atoms with Crippen LogP contribution in [0, 0.1) is 0 Å². The topological polar surface area (TPSA) is 74.0 Å². The lowest BCUT2D eigenvalue weighted by molar-refractivity contribution is -0.121. The minimum atomic E-state index is -0.164. The highest BCUT2D eigenvalue weighted by molar-refractivity contribution is 5.98. The van der Waals surface area contributed by atoms with Crippen molar-refractivity contribution in [3.63, 3.8) is 0 Å². The molecular weight excluding hydrogens is 266 g/mol. The third-order valence-corrected chi connectivity index (χ3v) is 3.47. The Morgan fingerprint density at radius 3 is 2.86 bits per heavy atom. The summed E-state index contributed by atoms with van der Waals surface area (Å²) in [6, 6.07) is 7.62. The van der Waals surface area contributed by atoms with Gasteiger partial charge in [0.2, 0.25) is 5.91 Å². The summed E-state index contributed by atoms with van der Waals surface area (Å²) < 4.78 is 0. The number of H-pyrrole nitrogens is 1. The minimum absolute atomic E-state index is 0.0375. The molecule has 0 saturated heterocycles. The van der Waals surface area contributed by atoms with E-state index in [1.165, 1.54) is 0 Å². The second-order valence-electron chi connectivity index (χ2n) is 5.16. The Balaban J connectivity index is 1.83. The molecule has 2 amide bonds. The van der Waals surface area contributed by atoms with Gasteiger partial charge in [0.25, 0.3) is 5.91 Å². The number of carbonyl (C=O) groups is 2. The number of rotatable bonds is 6. The molecule has 2 rings (SSSR count). The second kappa shape index (κ2) is 6.92. The highest BCUT2D eigenvalue weighted by Gasteiger charge is 2.09. The Labute approximate surface area is 124 Å². The molecule has 3 N–H and O–H groups in total. The molecule has 1 heterocycles. The molecular formula is C16H21N3O2. The van der Waals surface area contributed by atoms with Crippen molar-refractivity contribution in [3.05, 3.63) is 36.0 Å². The van der Waals surface area contributed by atoms with Crippen molar-refractivity contribution in [2.45, 2.75) is 32.7 Å². The zero-order chi connectivity index (χ0) is 15.2. The van der Waals surface area contributed by atoms with Gasteiger partial charge in [-0.25, -0.2) is 0 Å². The van der Waals surface area contributed by atoms with Crippen LogP contribution in [0.2, 0.25) is 0 Å². The van der Waals surface area contributed by atoms with Crippen LogP contribution in [-0.2, 0) is 4.79 Å². The van der Waals surface area contributed by atoms with Crippen molar-refractivity contribution in [3.8, 4) is 0 Å². The van der Waals surface area contributed by atoms with E-state index in [-0.39, 0.29) is 17.9 Å². The molecule has 112 valence electrons. The van der Waals surface area contributed by atoms with Gasteiger partial charge >= 0.3 is 0 Å². The number of hydrogen-bond acceptors (Lipinski definition) is 2. The van der Waals surface area contributed by atoms with Crippen molar-refractivity contribution in [2.24, 2.45) is 0 Å². The Bertz CT molecular complexity index is 633. The summed E-state index contributed by atoms with van der Waals surface area (Å²) in [5.74, 6) is -0.202. The number of aromatic nitrogens is 1. The summed E-state index contributed by atoms with van der Waals surface area (Å²) in [6.07, 6.45) is 3.03. The molecule has 0 saturated carbocycles. The number of carbonyl (C=O) groups excluding carboxylic acids is 2. The molecule has 1 atom stereocenters. The third kappa shape index (κ3) is 4.08. The van der Waals surface area contributed by atoms with E-state index >= 15 is 0 Å².